The number of rotatable bonds is 4. The molecule has 1 amide bonds. The molecule has 0 aliphatic carbocycles. The number of hydrogen-bond acceptors (Lipinski definition) is 4. The molecule has 1 fully saturated rings. The van der Waals surface area contributed by atoms with Crippen LogP contribution in [0.15, 0.2) is 58.1 Å². The number of carbonyl (C=O) groups is 1. The average molecular weight is 352 g/mol. The molecule has 0 spiro atoms. The SMILES string of the molecule is O=C(/C=C/c1ccco1)N1CC(S(=O)(=O)c2ccc(Cl)cc2)C1. The Morgan fingerprint density at radius 1 is 1.22 bits per heavy atom. The molecule has 0 N–H and O–H groups in total. The Kier molecular flexibility index (Phi) is 4.28. The summed E-state index contributed by atoms with van der Waals surface area (Å²) < 4.78 is 29.9. The number of likely N-dealkylation sites (tertiary alicyclic amines) is 1. The molecule has 2 heterocycles. The highest BCUT2D eigenvalue weighted by molar-refractivity contribution is 7.92. The molecule has 0 radical (unpaired) electrons. The van der Waals surface area contributed by atoms with Crippen LogP contribution in [0.5, 0.6) is 0 Å². The molecule has 0 saturated carbocycles. The number of carbonyl (C=O) groups excluding carboxylic acids is 1. The van der Waals surface area contributed by atoms with Crippen LogP contribution in [-0.4, -0.2) is 37.6 Å². The molecule has 2 aromatic rings. The second-order valence-corrected chi connectivity index (χ2v) is 7.88. The van der Waals surface area contributed by atoms with E-state index in [0.717, 1.165) is 0 Å². The summed E-state index contributed by atoms with van der Waals surface area (Å²) in [4.78, 5) is 13.7. The van der Waals surface area contributed by atoms with Crippen LogP contribution >= 0.6 is 11.6 Å². The quantitative estimate of drug-likeness (QED) is 0.794. The zero-order valence-electron chi connectivity index (χ0n) is 12.1. The standard InChI is InChI=1S/C16H14ClNO4S/c17-12-3-6-14(7-4-12)23(20,21)15-10-18(11-15)16(19)8-5-13-2-1-9-22-13/h1-9,15H,10-11H2/b8-5+. The number of hydrogen-bond donors (Lipinski definition) is 0. The molecular weight excluding hydrogens is 338 g/mol. The molecule has 5 nitrogen and oxygen atoms in total. The van der Waals surface area contributed by atoms with Gasteiger partial charge in [-0.2, -0.15) is 0 Å². The smallest absolute Gasteiger partial charge is 0.246 e. The van der Waals surface area contributed by atoms with Crippen LogP contribution < -0.4 is 0 Å². The van der Waals surface area contributed by atoms with Crippen molar-refractivity contribution in [2.24, 2.45) is 0 Å². The highest BCUT2D eigenvalue weighted by atomic mass is 35.5. The number of sulfone groups is 1. The van der Waals surface area contributed by atoms with Gasteiger partial charge in [-0.25, -0.2) is 8.42 Å². The highest BCUT2D eigenvalue weighted by Crippen LogP contribution is 2.25. The van der Waals surface area contributed by atoms with Gasteiger partial charge in [-0.3, -0.25) is 4.79 Å². The summed E-state index contributed by atoms with van der Waals surface area (Å²) in [5.74, 6) is 0.341. The minimum absolute atomic E-state index is 0.187. The molecule has 7 heteroatoms. The van der Waals surface area contributed by atoms with Gasteiger partial charge >= 0.3 is 0 Å². The Balaban J connectivity index is 1.62. The summed E-state index contributed by atoms with van der Waals surface area (Å²) in [6.45, 7) is 0.374. The van der Waals surface area contributed by atoms with Crippen LogP contribution in [-0.2, 0) is 14.6 Å². The Bertz CT molecular complexity index is 819. The first-order chi connectivity index (χ1) is 11.0. The zero-order chi connectivity index (χ0) is 16.4. The van der Waals surface area contributed by atoms with E-state index in [9.17, 15) is 13.2 Å². The maximum atomic E-state index is 12.4. The van der Waals surface area contributed by atoms with Gasteiger partial charge in [0.2, 0.25) is 5.91 Å². The maximum absolute atomic E-state index is 12.4. The van der Waals surface area contributed by atoms with Gasteiger partial charge in [-0.05, 0) is 42.5 Å². The van der Waals surface area contributed by atoms with Gasteiger partial charge in [0.25, 0.3) is 0 Å². The van der Waals surface area contributed by atoms with Gasteiger partial charge < -0.3 is 9.32 Å². The van der Waals surface area contributed by atoms with Crippen molar-refractivity contribution in [2.75, 3.05) is 13.1 Å². The van der Waals surface area contributed by atoms with E-state index in [0.29, 0.717) is 10.8 Å². The van der Waals surface area contributed by atoms with E-state index in [4.69, 9.17) is 16.0 Å². The van der Waals surface area contributed by atoms with Gasteiger partial charge in [0.05, 0.1) is 11.2 Å². The third-order valence-corrected chi connectivity index (χ3v) is 6.03. The van der Waals surface area contributed by atoms with Crippen LogP contribution in [0.25, 0.3) is 6.08 Å². The van der Waals surface area contributed by atoms with Crippen LogP contribution in [0.4, 0.5) is 0 Å². The van der Waals surface area contributed by atoms with Crippen molar-refractivity contribution in [3.05, 3.63) is 59.5 Å². The Morgan fingerprint density at radius 2 is 1.91 bits per heavy atom. The Labute approximate surface area is 139 Å². The average Bonchev–Trinajstić information content (AvgIpc) is 2.97. The van der Waals surface area contributed by atoms with Crippen LogP contribution in [0, 0.1) is 0 Å². The summed E-state index contributed by atoms with van der Waals surface area (Å²) in [7, 11) is -3.44. The number of halogens is 1. The van der Waals surface area contributed by atoms with Gasteiger partial charge in [-0.15, -0.1) is 0 Å². The molecule has 1 aromatic carbocycles. The Hall–Kier alpha value is -2.05. The summed E-state index contributed by atoms with van der Waals surface area (Å²) >= 11 is 5.77. The second-order valence-electron chi connectivity index (χ2n) is 5.21. The number of benzene rings is 1. The van der Waals surface area contributed by atoms with Crippen molar-refractivity contribution in [2.45, 2.75) is 10.1 Å². The Morgan fingerprint density at radius 3 is 2.52 bits per heavy atom. The third kappa shape index (κ3) is 3.33. The van der Waals surface area contributed by atoms with Crippen molar-refractivity contribution >= 4 is 33.4 Å². The number of amides is 1. The van der Waals surface area contributed by atoms with Gasteiger partial charge in [0.1, 0.15) is 11.0 Å². The first-order valence-corrected chi connectivity index (χ1v) is 8.89. The maximum Gasteiger partial charge on any atom is 0.246 e. The third-order valence-electron chi connectivity index (χ3n) is 3.67. The fourth-order valence-electron chi connectivity index (χ4n) is 2.28. The van der Waals surface area contributed by atoms with E-state index in [1.165, 1.54) is 29.4 Å². The topological polar surface area (TPSA) is 67.6 Å². The fraction of sp³-hybridized carbons (Fsp3) is 0.188. The van der Waals surface area contributed by atoms with Gasteiger partial charge in [0, 0.05) is 24.2 Å². The monoisotopic (exact) mass is 351 g/mol. The molecule has 23 heavy (non-hydrogen) atoms. The highest BCUT2D eigenvalue weighted by Gasteiger charge is 2.39. The van der Waals surface area contributed by atoms with Crippen molar-refractivity contribution in [1.29, 1.82) is 0 Å². The predicted octanol–water partition coefficient (Wildman–Crippen LogP) is 2.63. The molecule has 0 atom stereocenters. The first kappa shape index (κ1) is 15.8. The van der Waals surface area contributed by atoms with E-state index < -0.39 is 15.1 Å². The van der Waals surface area contributed by atoms with Gasteiger partial charge in [-0.1, -0.05) is 11.6 Å². The van der Waals surface area contributed by atoms with Gasteiger partial charge in [0.15, 0.2) is 9.84 Å². The van der Waals surface area contributed by atoms with E-state index in [-0.39, 0.29) is 23.9 Å². The molecule has 0 bridgehead atoms. The minimum atomic E-state index is -3.44. The molecule has 1 saturated heterocycles. The van der Waals surface area contributed by atoms with E-state index in [1.54, 1.807) is 30.3 Å². The van der Waals surface area contributed by atoms with Crippen LogP contribution in [0.1, 0.15) is 5.76 Å². The molecule has 1 aromatic heterocycles. The lowest BCUT2D eigenvalue weighted by Crippen LogP contribution is -2.56. The summed E-state index contributed by atoms with van der Waals surface area (Å²) in [5, 5.41) is -0.0953. The number of nitrogens with zero attached hydrogens (tertiary/aromatic N) is 1. The van der Waals surface area contributed by atoms with Crippen LogP contribution in [0.3, 0.4) is 0 Å². The molecule has 1 aliphatic rings. The largest absolute Gasteiger partial charge is 0.465 e. The van der Waals surface area contributed by atoms with E-state index in [2.05, 4.69) is 0 Å². The van der Waals surface area contributed by atoms with Crippen molar-refractivity contribution < 1.29 is 17.6 Å². The summed E-state index contributed by atoms with van der Waals surface area (Å²) in [5.41, 5.74) is 0. The van der Waals surface area contributed by atoms with Crippen molar-refractivity contribution in [1.82, 2.24) is 4.90 Å². The first-order valence-electron chi connectivity index (χ1n) is 6.97. The molecule has 3 rings (SSSR count). The zero-order valence-corrected chi connectivity index (χ0v) is 13.6. The fourth-order valence-corrected chi connectivity index (χ4v) is 4.05. The minimum Gasteiger partial charge on any atom is -0.465 e. The van der Waals surface area contributed by atoms with Crippen LogP contribution in [0.2, 0.25) is 5.02 Å². The second kappa shape index (κ2) is 6.22. The van der Waals surface area contributed by atoms with E-state index >= 15 is 0 Å². The number of furan rings is 1. The molecular formula is C16H14ClNO4S. The lowest BCUT2D eigenvalue weighted by molar-refractivity contribution is -0.128. The summed E-state index contributed by atoms with van der Waals surface area (Å²) in [6, 6.07) is 9.51. The summed E-state index contributed by atoms with van der Waals surface area (Å²) in [6.07, 6.45) is 4.45. The lowest BCUT2D eigenvalue weighted by Gasteiger charge is -2.38. The molecule has 120 valence electrons. The van der Waals surface area contributed by atoms with E-state index in [1.807, 2.05) is 0 Å². The van der Waals surface area contributed by atoms with Crippen molar-refractivity contribution in [3.63, 3.8) is 0 Å². The lowest BCUT2D eigenvalue weighted by atomic mass is 10.2. The molecule has 0 unspecified atom stereocenters. The normalized spacial score (nSPS) is 15.8. The molecule has 1 aliphatic heterocycles. The van der Waals surface area contributed by atoms with Crippen molar-refractivity contribution in [3.8, 4) is 0 Å². The predicted molar refractivity (Wildman–Crippen MR) is 86.7 cm³/mol.